The minimum atomic E-state index is -3.80. The van der Waals surface area contributed by atoms with Crippen molar-refractivity contribution in [2.75, 3.05) is 0 Å². The van der Waals surface area contributed by atoms with Gasteiger partial charge >= 0.3 is 0 Å². The molecule has 39 heavy (non-hydrogen) atoms. The molecule has 0 atom stereocenters. The molecule has 1 aliphatic heterocycles. The summed E-state index contributed by atoms with van der Waals surface area (Å²) >= 11 is 1.35. The van der Waals surface area contributed by atoms with Gasteiger partial charge in [0, 0.05) is 26.8 Å². The Bertz CT molecular complexity index is 2160. The van der Waals surface area contributed by atoms with Gasteiger partial charge in [0.2, 0.25) is 0 Å². The topological polar surface area (TPSA) is 39.1 Å². The van der Waals surface area contributed by atoms with Gasteiger partial charge in [-0.1, -0.05) is 97.1 Å². The van der Waals surface area contributed by atoms with E-state index in [-0.39, 0.29) is 0 Å². The number of fused-ring (bicyclic) bond motifs is 5. The largest absolute Gasteiger partial charge is 0.278 e. The third kappa shape index (κ3) is 3.30. The van der Waals surface area contributed by atoms with Crippen LogP contribution < -0.4 is 0 Å². The van der Waals surface area contributed by atoms with Crippen LogP contribution in [-0.4, -0.2) is 12.4 Å². The lowest BCUT2D eigenvalue weighted by atomic mass is 9.95. The van der Waals surface area contributed by atoms with Crippen LogP contribution in [-0.2, 0) is 10.0 Å². The first-order valence-corrected chi connectivity index (χ1v) is 15.0. The number of thiophene rings is 1. The molecule has 0 amide bonds. The predicted molar refractivity (Wildman–Crippen MR) is 162 cm³/mol. The molecule has 186 valence electrons. The molecule has 0 unspecified atom stereocenters. The van der Waals surface area contributed by atoms with Gasteiger partial charge in [0.1, 0.15) is 4.21 Å². The van der Waals surface area contributed by atoms with Crippen molar-refractivity contribution in [1.29, 1.82) is 0 Å². The minimum Gasteiger partial charge on any atom is -0.232 e. The maximum Gasteiger partial charge on any atom is 0.278 e. The third-order valence-electron chi connectivity index (χ3n) is 7.55. The molecule has 2 aromatic heterocycles. The smallest absolute Gasteiger partial charge is 0.232 e. The van der Waals surface area contributed by atoms with Crippen LogP contribution in [0.5, 0.6) is 0 Å². The fourth-order valence-corrected chi connectivity index (χ4v) is 9.04. The van der Waals surface area contributed by atoms with Crippen molar-refractivity contribution in [3.8, 4) is 43.8 Å². The fraction of sp³-hybridized carbons (Fsp3) is 0. The Kier molecular flexibility index (Phi) is 4.78. The highest BCUT2D eigenvalue weighted by Gasteiger charge is 2.35. The fourth-order valence-electron chi connectivity index (χ4n) is 5.75. The Labute approximate surface area is 230 Å². The highest BCUT2D eigenvalue weighted by Crippen LogP contribution is 2.51. The Balaban J connectivity index is 1.50. The standard InChI is InChI=1S/C34H21NO2S2/c36-39(37)34-30(21-32(38-34)24-14-8-3-9-15-24)29-20-26(23-12-6-2-7-13-23)19-28-27-18-25(22-10-4-1-5-11-22)16-17-31(27)35(39)33(28)29/h1-21H. The molecule has 7 aromatic rings. The first kappa shape index (κ1) is 22.5. The van der Waals surface area contributed by atoms with E-state index in [2.05, 4.69) is 42.5 Å². The molecule has 0 saturated heterocycles. The second-order valence-electron chi connectivity index (χ2n) is 9.83. The molecule has 8 rings (SSSR count). The van der Waals surface area contributed by atoms with Crippen LogP contribution >= 0.6 is 11.3 Å². The molecule has 5 heteroatoms. The zero-order chi connectivity index (χ0) is 26.1. The lowest BCUT2D eigenvalue weighted by Gasteiger charge is -2.18. The molecule has 0 aliphatic carbocycles. The Morgan fingerprint density at radius 1 is 0.513 bits per heavy atom. The number of nitrogens with zero attached hydrogens (tertiary/aromatic N) is 1. The van der Waals surface area contributed by atoms with E-state index in [0.29, 0.717) is 9.73 Å². The van der Waals surface area contributed by atoms with E-state index in [4.69, 9.17) is 0 Å². The van der Waals surface area contributed by atoms with Gasteiger partial charge in [-0.3, -0.25) is 0 Å². The van der Waals surface area contributed by atoms with Crippen LogP contribution in [0.15, 0.2) is 132 Å². The van der Waals surface area contributed by atoms with Crippen molar-refractivity contribution in [2.45, 2.75) is 4.21 Å². The molecule has 1 aliphatic rings. The molecule has 0 saturated carbocycles. The number of aromatic nitrogens is 1. The second-order valence-corrected chi connectivity index (χ2v) is 12.9. The van der Waals surface area contributed by atoms with Crippen LogP contribution in [0, 0.1) is 0 Å². The summed E-state index contributed by atoms with van der Waals surface area (Å²) < 4.78 is 30.5. The number of benzene rings is 5. The number of hydrogen-bond donors (Lipinski definition) is 0. The molecular formula is C34H21NO2S2. The SMILES string of the molecule is O=S1(=O)c2sc(-c3ccccc3)cc2-c2cc(-c3ccccc3)cc3c4cc(-c5ccccc5)ccc4n1c23. The first-order chi connectivity index (χ1) is 19.1. The average Bonchev–Trinajstić information content (AvgIpc) is 3.59. The van der Waals surface area contributed by atoms with Gasteiger partial charge in [-0.25, -0.2) is 3.97 Å². The molecule has 5 aromatic carbocycles. The second kappa shape index (κ2) is 8.27. The zero-order valence-electron chi connectivity index (χ0n) is 20.7. The monoisotopic (exact) mass is 539 g/mol. The van der Waals surface area contributed by atoms with E-state index in [1.165, 1.54) is 11.3 Å². The predicted octanol–water partition coefficient (Wildman–Crippen LogP) is 9.07. The van der Waals surface area contributed by atoms with E-state index in [1.54, 1.807) is 3.97 Å². The van der Waals surface area contributed by atoms with Crippen molar-refractivity contribution in [3.63, 3.8) is 0 Å². The van der Waals surface area contributed by atoms with Gasteiger partial charge in [-0.05, 0) is 58.1 Å². The maximum absolute atomic E-state index is 14.3. The third-order valence-corrected chi connectivity index (χ3v) is 11.0. The van der Waals surface area contributed by atoms with Gasteiger partial charge in [0.25, 0.3) is 10.0 Å². The van der Waals surface area contributed by atoms with Crippen molar-refractivity contribution >= 4 is 43.2 Å². The zero-order valence-corrected chi connectivity index (χ0v) is 22.3. The summed E-state index contributed by atoms with van der Waals surface area (Å²) in [5.74, 6) is 0. The van der Waals surface area contributed by atoms with E-state index in [1.807, 2.05) is 84.9 Å². The normalized spacial score (nSPS) is 13.5. The minimum absolute atomic E-state index is 0.394. The van der Waals surface area contributed by atoms with Gasteiger partial charge in [-0.15, -0.1) is 11.3 Å². The van der Waals surface area contributed by atoms with Crippen LogP contribution in [0.4, 0.5) is 0 Å². The van der Waals surface area contributed by atoms with Gasteiger partial charge in [0.05, 0.1) is 11.0 Å². The summed E-state index contributed by atoms with van der Waals surface area (Å²) in [6.07, 6.45) is 0. The lowest BCUT2D eigenvalue weighted by Crippen LogP contribution is -2.16. The van der Waals surface area contributed by atoms with Gasteiger partial charge in [0.15, 0.2) is 0 Å². The molecule has 0 fully saturated rings. The van der Waals surface area contributed by atoms with Crippen molar-refractivity contribution in [3.05, 3.63) is 127 Å². The van der Waals surface area contributed by atoms with Gasteiger partial charge < -0.3 is 0 Å². The lowest BCUT2D eigenvalue weighted by molar-refractivity contribution is 0.592. The molecule has 3 nitrogen and oxygen atoms in total. The maximum atomic E-state index is 14.3. The Morgan fingerprint density at radius 3 is 1.77 bits per heavy atom. The molecule has 0 radical (unpaired) electrons. The van der Waals surface area contributed by atoms with E-state index >= 15 is 0 Å². The molecule has 0 N–H and O–H groups in total. The highest BCUT2D eigenvalue weighted by atomic mass is 32.2. The summed E-state index contributed by atoms with van der Waals surface area (Å²) in [7, 11) is -3.80. The van der Waals surface area contributed by atoms with Crippen LogP contribution in [0.25, 0.3) is 65.6 Å². The summed E-state index contributed by atoms with van der Waals surface area (Å²) in [6.45, 7) is 0. The van der Waals surface area contributed by atoms with Crippen molar-refractivity contribution < 1.29 is 8.42 Å². The Morgan fingerprint density at radius 2 is 1.10 bits per heavy atom. The van der Waals surface area contributed by atoms with E-state index in [0.717, 1.165) is 60.1 Å². The Hall–Kier alpha value is -4.45. The molecule has 0 spiro atoms. The van der Waals surface area contributed by atoms with Crippen LogP contribution in [0.1, 0.15) is 0 Å². The van der Waals surface area contributed by atoms with Crippen LogP contribution in [0.3, 0.4) is 0 Å². The average molecular weight is 540 g/mol. The summed E-state index contributed by atoms with van der Waals surface area (Å²) in [6, 6.07) is 43.0. The first-order valence-electron chi connectivity index (χ1n) is 12.8. The van der Waals surface area contributed by atoms with Gasteiger partial charge in [-0.2, -0.15) is 8.42 Å². The molecular weight excluding hydrogens is 519 g/mol. The number of rotatable bonds is 3. The van der Waals surface area contributed by atoms with Crippen LogP contribution in [0.2, 0.25) is 0 Å². The highest BCUT2D eigenvalue weighted by molar-refractivity contribution is 7.92. The molecule has 3 heterocycles. The summed E-state index contributed by atoms with van der Waals surface area (Å²) in [5.41, 5.74) is 8.54. The summed E-state index contributed by atoms with van der Waals surface area (Å²) in [5, 5.41) is 1.88. The van der Waals surface area contributed by atoms with Crippen molar-refractivity contribution in [1.82, 2.24) is 3.97 Å². The summed E-state index contributed by atoms with van der Waals surface area (Å²) in [4.78, 5) is 0.948. The van der Waals surface area contributed by atoms with E-state index in [9.17, 15) is 8.42 Å². The van der Waals surface area contributed by atoms with E-state index < -0.39 is 10.0 Å². The molecule has 0 bridgehead atoms. The number of hydrogen-bond acceptors (Lipinski definition) is 3. The van der Waals surface area contributed by atoms with Crippen molar-refractivity contribution in [2.24, 2.45) is 0 Å². The quantitative estimate of drug-likeness (QED) is 0.225.